The number of carboxylic acid groups (broad SMARTS) is 1. The molecule has 1 atom stereocenters. The Hall–Kier alpha value is -1.78. The van der Waals surface area contributed by atoms with Crippen LogP contribution in [-0.4, -0.2) is 28.1 Å². The predicted octanol–water partition coefficient (Wildman–Crippen LogP) is 3.45. The third-order valence-corrected chi connectivity index (χ3v) is 4.80. The average molecular weight is 320 g/mol. The van der Waals surface area contributed by atoms with Gasteiger partial charge in [-0.1, -0.05) is 26.2 Å². The van der Waals surface area contributed by atoms with Crippen LogP contribution in [0.3, 0.4) is 0 Å². The molecule has 1 aliphatic rings. The predicted molar refractivity (Wildman–Crippen MR) is 89.8 cm³/mol. The lowest BCUT2D eigenvalue weighted by Gasteiger charge is -2.26. The molecule has 1 unspecified atom stereocenters. The second kappa shape index (κ2) is 7.66. The molecule has 128 valence electrons. The topological polar surface area (TPSA) is 71.3 Å². The van der Waals surface area contributed by atoms with E-state index in [4.69, 9.17) is 5.11 Å². The lowest BCUT2D eigenvalue weighted by molar-refractivity contribution is -0.137. The molecule has 0 aromatic carbocycles. The van der Waals surface area contributed by atoms with Crippen molar-refractivity contribution in [3.8, 4) is 0 Å². The number of carboxylic acids is 1. The molecular weight excluding hydrogens is 292 g/mol. The Balaban J connectivity index is 2.05. The SMILES string of the molecule is Cc1cc(C(=O)NCC(C)CC(=O)O)c(C)n1C1CCCCC1. The third kappa shape index (κ3) is 4.36. The molecule has 1 heterocycles. The molecule has 0 spiro atoms. The summed E-state index contributed by atoms with van der Waals surface area (Å²) in [6, 6.07) is 2.47. The fraction of sp³-hybridized carbons (Fsp3) is 0.667. The first-order valence-electron chi connectivity index (χ1n) is 8.58. The van der Waals surface area contributed by atoms with E-state index < -0.39 is 5.97 Å². The standard InChI is InChI=1S/C18H28N2O3/c1-12(9-17(21)22)11-19-18(23)16-10-13(2)20(14(16)3)15-7-5-4-6-8-15/h10,12,15H,4-9,11H2,1-3H3,(H,19,23)(H,21,22). The fourth-order valence-electron chi connectivity index (χ4n) is 3.64. The van der Waals surface area contributed by atoms with Crippen LogP contribution in [0.15, 0.2) is 6.07 Å². The number of hydrogen-bond donors (Lipinski definition) is 2. The van der Waals surface area contributed by atoms with Gasteiger partial charge < -0.3 is 15.0 Å². The van der Waals surface area contributed by atoms with Gasteiger partial charge in [0.25, 0.3) is 5.91 Å². The molecule has 23 heavy (non-hydrogen) atoms. The maximum Gasteiger partial charge on any atom is 0.303 e. The van der Waals surface area contributed by atoms with E-state index in [1.807, 2.05) is 19.9 Å². The van der Waals surface area contributed by atoms with Gasteiger partial charge in [-0.25, -0.2) is 0 Å². The van der Waals surface area contributed by atoms with Crippen LogP contribution in [0.1, 0.15) is 73.2 Å². The molecule has 5 heteroatoms. The Morgan fingerprint density at radius 1 is 1.30 bits per heavy atom. The third-order valence-electron chi connectivity index (χ3n) is 4.80. The van der Waals surface area contributed by atoms with E-state index in [9.17, 15) is 9.59 Å². The van der Waals surface area contributed by atoms with Crippen molar-refractivity contribution in [3.63, 3.8) is 0 Å². The van der Waals surface area contributed by atoms with Crippen LogP contribution in [0.5, 0.6) is 0 Å². The summed E-state index contributed by atoms with van der Waals surface area (Å²) in [5.74, 6) is -1.00. The van der Waals surface area contributed by atoms with Gasteiger partial charge in [0.1, 0.15) is 0 Å². The highest BCUT2D eigenvalue weighted by atomic mass is 16.4. The maximum atomic E-state index is 12.4. The molecule has 0 aliphatic heterocycles. The van der Waals surface area contributed by atoms with Gasteiger partial charge in [0, 0.05) is 30.4 Å². The summed E-state index contributed by atoms with van der Waals surface area (Å²) in [5, 5.41) is 11.7. The molecule has 1 aromatic heterocycles. The largest absolute Gasteiger partial charge is 0.481 e. The zero-order chi connectivity index (χ0) is 17.0. The van der Waals surface area contributed by atoms with Crippen molar-refractivity contribution < 1.29 is 14.7 Å². The molecule has 1 fully saturated rings. The smallest absolute Gasteiger partial charge is 0.303 e. The number of aliphatic carboxylic acids is 1. The van der Waals surface area contributed by atoms with Crippen LogP contribution in [0.4, 0.5) is 0 Å². The maximum absolute atomic E-state index is 12.4. The molecule has 1 saturated carbocycles. The van der Waals surface area contributed by atoms with Crippen molar-refractivity contribution in [1.82, 2.24) is 9.88 Å². The van der Waals surface area contributed by atoms with Crippen molar-refractivity contribution in [3.05, 3.63) is 23.0 Å². The minimum absolute atomic E-state index is 0.0708. The van der Waals surface area contributed by atoms with Crippen LogP contribution in [0, 0.1) is 19.8 Å². The second-order valence-corrected chi connectivity index (χ2v) is 6.86. The monoisotopic (exact) mass is 320 g/mol. The summed E-state index contributed by atoms with van der Waals surface area (Å²) in [7, 11) is 0. The quantitative estimate of drug-likeness (QED) is 0.843. The molecule has 1 aromatic rings. The van der Waals surface area contributed by atoms with E-state index in [2.05, 4.69) is 16.8 Å². The Morgan fingerprint density at radius 3 is 2.57 bits per heavy atom. The zero-order valence-corrected chi connectivity index (χ0v) is 14.4. The molecule has 1 amide bonds. The highest BCUT2D eigenvalue weighted by molar-refractivity contribution is 5.95. The van der Waals surface area contributed by atoms with Gasteiger partial charge >= 0.3 is 5.97 Å². The highest BCUT2D eigenvalue weighted by Crippen LogP contribution is 2.32. The van der Waals surface area contributed by atoms with Gasteiger partial charge in [-0.2, -0.15) is 0 Å². The van der Waals surface area contributed by atoms with Gasteiger partial charge in [-0.15, -0.1) is 0 Å². The number of hydrogen-bond acceptors (Lipinski definition) is 2. The van der Waals surface area contributed by atoms with Gasteiger partial charge in [0.2, 0.25) is 0 Å². The van der Waals surface area contributed by atoms with Crippen molar-refractivity contribution in [2.24, 2.45) is 5.92 Å². The van der Waals surface area contributed by atoms with Gasteiger partial charge in [-0.3, -0.25) is 9.59 Å². The van der Waals surface area contributed by atoms with E-state index in [1.165, 1.54) is 32.1 Å². The van der Waals surface area contributed by atoms with Gasteiger partial charge in [0.05, 0.1) is 5.56 Å². The Labute approximate surface area is 138 Å². The van der Waals surface area contributed by atoms with Crippen molar-refractivity contribution in [1.29, 1.82) is 0 Å². The number of carbonyl (C=O) groups excluding carboxylic acids is 1. The summed E-state index contributed by atoms with van der Waals surface area (Å²) in [5.41, 5.74) is 2.88. The first kappa shape index (κ1) is 17.6. The summed E-state index contributed by atoms with van der Waals surface area (Å²) >= 11 is 0. The summed E-state index contributed by atoms with van der Waals surface area (Å²) in [6.07, 6.45) is 6.28. The zero-order valence-electron chi connectivity index (χ0n) is 14.4. The number of aromatic nitrogens is 1. The van der Waals surface area contributed by atoms with Crippen molar-refractivity contribution in [2.45, 2.75) is 65.3 Å². The van der Waals surface area contributed by atoms with Crippen LogP contribution in [0.25, 0.3) is 0 Å². The van der Waals surface area contributed by atoms with Gasteiger partial charge in [0.15, 0.2) is 0 Å². The van der Waals surface area contributed by atoms with Gasteiger partial charge in [-0.05, 0) is 38.7 Å². The first-order valence-corrected chi connectivity index (χ1v) is 8.58. The molecular formula is C18H28N2O3. The summed E-state index contributed by atoms with van der Waals surface area (Å²) in [6.45, 7) is 6.29. The number of nitrogens with one attached hydrogen (secondary N) is 1. The number of nitrogens with zero attached hydrogens (tertiary/aromatic N) is 1. The van der Waals surface area contributed by atoms with Crippen LogP contribution in [-0.2, 0) is 4.79 Å². The first-order chi connectivity index (χ1) is 10.9. The van der Waals surface area contributed by atoms with E-state index in [-0.39, 0.29) is 18.2 Å². The number of rotatable bonds is 6. The molecule has 1 aliphatic carbocycles. The van der Waals surface area contributed by atoms with Crippen LogP contribution < -0.4 is 5.32 Å². The van der Waals surface area contributed by atoms with Crippen LogP contribution in [0.2, 0.25) is 0 Å². The number of amides is 1. The average Bonchev–Trinajstić information content (AvgIpc) is 2.80. The Morgan fingerprint density at radius 2 is 1.96 bits per heavy atom. The van der Waals surface area contributed by atoms with Crippen molar-refractivity contribution >= 4 is 11.9 Å². The summed E-state index contributed by atoms with van der Waals surface area (Å²) in [4.78, 5) is 23.1. The normalized spacial score (nSPS) is 17.0. The molecule has 2 rings (SSSR count). The highest BCUT2D eigenvalue weighted by Gasteiger charge is 2.22. The summed E-state index contributed by atoms with van der Waals surface area (Å²) < 4.78 is 2.31. The van der Waals surface area contributed by atoms with E-state index in [0.29, 0.717) is 12.6 Å². The minimum Gasteiger partial charge on any atom is -0.481 e. The molecule has 2 N–H and O–H groups in total. The Bertz CT molecular complexity index is 571. The number of carbonyl (C=O) groups is 2. The fourth-order valence-corrected chi connectivity index (χ4v) is 3.64. The van der Waals surface area contributed by atoms with E-state index in [1.54, 1.807) is 0 Å². The molecule has 0 radical (unpaired) electrons. The minimum atomic E-state index is -0.831. The molecule has 5 nitrogen and oxygen atoms in total. The van der Waals surface area contributed by atoms with E-state index in [0.717, 1.165) is 17.0 Å². The molecule has 0 saturated heterocycles. The lowest BCUT2D eigenvalue weighted by Crippen LogP contribution is -2.29. The number of aryl methyl sites for hydroxylation is 1. The second-order valence-electron chi connectivity index (χ2n) is 6.86. The Kier molecular flexibility index (Phi) is 5.85. The van der Waals surface area contributed by atoms with E-state index >= 15 is 0 Å². The molecule has 0 bridgehead atoms. The van der Waals surface area contributed by atoms with Crippen molar-refractivity contribution in [2.75, 3.05) is 6.54 Å². The van der Waals surface area contributed by atoms with Crippen LogP contribution >= 0.6 is 0 Å². The lowest BCUT2D eigenvalue weighted by atomic mass is 9.95.